The molecule has 1 unspecified atom stereocenters. The lowest BCUT2D eigenvalue weighted by atomic mass is 9.73. The number of thiocarbonyl (C=S) groups is 1. The van der Waals surface area contributed by atoms with Gasteiger partial charge in [-0.3, -0.25) is 4.79 Å². The van der Waals surface area contributed by atoms with Gasteiger partial charge in [0.15, 0.2) is 8.32 Å². The van der Waals surface area contributed by atoms with Crippen LogP contribution in [0.25, 0.3) is 0 Å². The zero-order valence-electron chi connectivity index (χ0n) is 34.5. The molecule has 0 radical (unpaired) electrons. The van der Waals surface area contributed by atoms with Crippen molar-refractivity contribution in [2.24, 2.45) is 23.7 Å². The number of phenols is 1. The third-order valence-corrected chi connectivity index (χ3v) is 16.7. The molecule has 2 aliphatic heterocycles. The number of carbonyl (C=O) groups is 2. The topological polar surface area (TPSA) is 97.3 Å². The number of rotatable bonds is 15. The van der Waals surface area contributed by atoms with Gasteiger partial charge in [0.05, 0.1) is 24.7 Å². The molecule has 2 heterocycles. The minimum absolute atomic E-state index is 0.00687. The van der Waals surface area contributed by atoms with Gasteiger partial charge in [0.2, 0.25) is 5.91 Å². The van der Waals surface area contributed by atoms with Crippen LogP contribution in [0, 0.1) is 23.7 Å². The van der Waals surface area contributed by atoms with E-state index in [1.165, 1.54) is 5.57 Å². The molecule has 0 spiro atoms. The molecule has 1 saturated heterocycles. The minimum atomic E-state index is -2.16. The number of unbranched alkanes of at least 4 members (excludes halogenated alkanes) is 2. The van der Waals surface area contributed by atoms with Crippen molar-refractivity contribution >= 4 is 37.6 Å². The average molecular weight is 767 g/mol. The van der Waals surface area contributed by atoms with Crippen LogP contribution in [0.4, 0.5) is 0 Å². The number of amides is 1. The number of esters is 1. The lowest BCUT2D eigenvalue weighted by molar-refractivity contribution is -0.163. The predicted molar refractivity (Wildman–Crippen MR) is 220 cm³/mol. The Balaban J connectivity index is 1.63. The molecule has 0 bridgehead atoms. The number of nitrogens with zero attached hydrogens (tertiary/aromatic N) is 1. The van der Waals surface area contributed by atoms with Crippen LogP contribution >= 0.6 is 12.2 Å². The second kappa shape index (κ2) is 17.2. The third-order valence-electron chi connectivity index (χ3n) is 11.9. The van der Waals surface area contributed by atoms with Crippen molar-refractivity contribution in [1.82, 2.24) is 10.2 Å². The number of benzene rings is 1. The highest BCUT2D eigenvalue weighted by atomic mass is 32.1. The molecule has 1 aliphatic carbocycles. The highest BCUT2D eigenvalue weighted by molar-refractivity contribution is 7.80. The monoisotopic (exact) mass is 766 g/mol. The van der Waals surface area contributed by atoms with E-state index in [9.17, 15) is 14.7 Å². The molecule has 4 rings (SSSR count). The van der Waals surface area contributed by atoms with Crippen molar-refractivity contribution < 1.29 is 28.6 Å². The van der Waals surface area contributed by atoms with Gasteiger partial charge in [-0.25, -0.2) is 4.79 Å². The number of ether oxygens (including phenoxy) is 2. The molecule has 1 aromatic rings. The molecule has 53 heavy (non-hydrogen) atoms. The summed E-state index contributed by atoms with van der Waals surface area (Å²) in [4.78, 5) is 29.2. The maximum atomic E-state index is 13.9. The number of hydrogen-bond acceptors (Lipinski definition) is 7. The van der Waals surface area contributed by atoms with Crippen molar-refractivity contribution in [3.63, 3.8) is 0 Å². The number of aromatic hydroxyl groups is 1. The molecular weight excluding hydrogens is 701 g/mol. The van der Waals surface area contributed by atoms with Crippen molar-refractivity contribution in [3.8, 4) is 11.5 Å². The fraction of sp³-hybridized carbons (Fsp3) is 0.651. The Hall–Kier alpha value is -2.95. The van der Waals surface area contributed by atoms with Crippen LogP contribution in [0.5, 0.6) is 11.5 Å². The van der Waals surface area contributed by atoms with E-state index in [2.05, 4.69) is 72.6 Å². The molecule has 10 heteroatoms. The van der Waals surface area contributed by atoms with Crippen molar-refractivity contribution in [2.75, 3.05) is 13.2 Å². The Labute approximate surface area is 325 Å². The first-order valence-corrected chi connectivity index (χ1v) is 23.1. The molecule has 6 atom stereocenters. The van der Waals surface area contributed by atoms with Gasteiger partial charge in [0, 0.05) is 23.9 Å². The van der Waals surface area contributed by atoms with E-state index >= 15 is 0 Å². The lowest BCUT2D eigenvalue weighted by Crippen LogP contribution is -2.65. The summed E-state index contributed by atoms with van der Waals surface area (Å²) in [6.07, 6.45) is 7.88. The Bertz CT molecular complexity index is 1620. The number of carbonyl (C=O) groups excluding carboxylic acids is 2. The first kappa shape index (κ1) is 42.8. The molecule has 1 aromatic carbocycles. The summed E-state index contributed by atoms with van der Waals surface area (Å²) in [6, 6.07) is 3.66. The van der Waals surface area contributed by atoms with Crippen LogP contribution in [0.3, 0.4) is 0 Å². The van der Waals surface area contributed by atoms with Gasteiger partial charge >= 0.3 is 5.97 Å². The van der Waals surface area contributed by atoms with Crippen LogP contribution in [-0.2, 0) is 25.2 Å². The standard InChI is InChI=1S/C43H66N2O6SSi/c1-14-15-16-17-30-21-34(46)37(32-20-27(6)18-19-31(32)26(4)5)35(22-30)50-42(52)44-23-33-28(7)38-36(29(8)51-53(12,13)43(9,10)11)40(47)45(38)39(33)41(48)49-24-25(2)3/h20-22,25,28-29,31-32,36,38,46H,4,14-19,23-24H2,1-3,5-13H3,(H,44,52)/t28-,29?,31-,32+,36+,38+/m0/s1. The average Bonchev–Trinajstić information content (AvgIpc) is 3.29. The fourth-order valence-corrected chi connectivity index (χ4v) is 9.49. The normalized spacial score (nSPS) is 23.7. The molecule has 294 valence electrons. The summed E-state index contributed by atoms with van der Waals surface area (Å²) >= 11 is 5.83. The molecule has 2 N–H and O–H groups in total. The van der Waals surface area contributed by atoms with E-state index in [0.29, 0.717) is 17.0 Å². The molecule has 0 aromatic heterocycles. The third kappa shape index (κ3) is 9.47. The molecule has 0 saturated carbocycles. The minimum Gasteiger partial charge on any atom is -0.507 e. The van der Waals surface area contributed by atoms with Gasteiger partial charge in [-0.15, -0.1) is 0 Å². The second-order valence-corrected chi connectivity index (χ2v) is 22.8. The van der Waals surface area contributed by atoms with Crippen molar-refractivity contribution in [2.45, 2.75) is 144 Å². The van der Waals surface area contributed by atoms with Crippen molar-refractivity contribution in [3.05, 3.63) is 58.3 Å². The number of nitrogens with one attached hydrogen (secondary N) is 1. The van der Waals surface area contributed by atoms with Gasteiger partial charge in [-0.1, -0.05) is 85.1 Å². The van der Waals surface area contributed by atoms with Crippen LogP contribution in [0.2, 0.25) is 18.1 Å². The Morgan fingerprint density at radius 3 is 2.47 bits per heavy atom. The maximum absolute atomic E-state index is 13.9. The van der Waals surface area contributed by atoms with E-state index in [0.717, 1.165) is 55.2 Å². The smallest absolute Gasteiger partial charge is 0.355 e. The zero-order chi connectivity index (χ0) is 39.6. The highest BCUT2D eigenvalue weighted by Gasteiger charge is 2.61. The molecule has 3 aliphatic rings. The Morgan fingerprint density at radius 1 is 1.19 bits per heavy atom. The maximum Gasteiger partial charge on any atom is 0.355 e. The first-order valence-electron chi connectivity index (χ1n) is 19.7. The summed E-state index contributed by atoms with van der Waals surface area (Å²) in [5.41, 5.74) is 5.09. The zero-order valence-corrected chi connectivity index (χ0v) is 36.3. The predicted octanol–water partition coefficient (Wildman–Crippen LogP) is 9.73. The van der Waals surface area contributed by atoms with Crippen LogP contribution in [0.15, 0.2) is 47.2 Å². The fourth-order valence-electron chi connectivity index (χ4n) is 7.90. The van der Waals surface area contributed by atoms with E-state index in [4.69, 9.17) is 26.1 Å². The first-order chi connectivity index (χ1) is 24.7. The molecule has 1 fully saturated rings. The molecule has 1 amide bonds. The van der Waals surface area contributed by atoms with E-state index in [1.54, 1.807) is 4.90 Å². The summed E-state index contributed by atoms with van der Waals surface area (Å²) in [6.45, 7) is 30.1. The quantitative estimate of drug-likeness (QED) is 0.0455. The van der Waals surface area contributed by atoms with Gasteiger partial charge in [0.25, 0.3) is 5.17 Å². The molecule has 8 nitrogen and oxygen atoms in total. The van der Waals surface area contributed by atoms with Gasteiger partial charge in [-0.05, 0) is 112 Å². The number of hydrogen-bond donors (Lipinski definition) is 2. The summed E-state index contributed by atoms with van der Waals surface area (Å²) in [5.74, 6) is -0.214. The van der Waals surface area contributed by atoms with Gasteiger partial charge in [-0.2, -0.15) is 0 Å². The van der Waals surface area contributed by atoms with Crippen molar-refractivity contribution in [1.29, 1.82) is 0 Å². The largest absolute Gasteiger partial charge is 0.507 e. The second-order valence-electron chi connectivity index (χ2n) is 17.7. The Morgan fingerprint density at radius 2 is 1.87 bits per heavy atom. The van der Waals surface area contributed by atoms with Crippen LogP contribution in [-0.4, -0.2) is 60.7 Å². The summed E-state index contributed by atoms with van der Waals surface area (Å²) in [5, 5.41) is 15.0. The SMILES string of the molecule is C=C(C)[C@@H]1CCC(C)=C[C@H]1c1c(O)cc(CCCCC)cc1OC(=S)NCC1=C(C(=O)OCC(C)C)N2C(=O)[C@H](C(C)O[Si](C)(C)C(C)(C)C)[C@H]2[C@H]1C. The van der Waals surface area contributed by atoms with Gasteiger partial charge < -0.3 is 29.2 Å². The highest BCUT2D eigenvalue weighted by Crippen LogP contribution is 2.50. The van der Waals surface area contributed by atoms with E-state index < -0.39 is 14.3 Å². The summed E-state index contributed by atoms with van der Waals surface area (Å²) < 4.78 is 18.9. The number of aryl methyl sites for hydroxylation is 1. The van der Waals surface area contributed by atoms with Crippen LogP contribution in [0.1, 0.15) is 118 Å². The number of fused-ring (bicyclic) bond motifs is 1. The number of phenolic OH excluding ortho intramolecular Hbond substituents is 1. The van der Waals surface area contributed by atoms with E-state index in [1.807, 2.05) is 39.8 Å². The number of β-lactam (4-membered cyclic amide) rings is 1. The molecular formula is C43H66N2O6SSi. The lowest BCUT2D eigenvalue weighted by Gasteiger charge is -2.50. The van der Waals surface area contributed by atoms with Crippen LogP contribution < -0.4 is 10.1 Å². The number of allylic oxidation sites excluding steroid dienone is 3. The summed E-state index contributed by atoms with van der Waals surface area (Å²) in [7, 11) is -2.16. The van der Waals surface area contributed by atoms with E-state index in [-0.39, 0.29) is 76.8 Å². The van der Waals surface area contributed by atoms with Gasteiger partial charge in [0.1, 0.15) is 17.2 Å². The Kier molecular flexibility index (Phi) is 13.9.